The van der Waals surface area contributed by atoms with Crippen LogP contribution in [0.15, 0.2) is 18.2 Å². The Morgan fingerprint density at radius 1 is 1.05 bits per heavy atom. The Hall–Kier alpha value is -0.920. The standard InChI is InChI=1S/C12H13F5N2.ClH/c13-8-2-1-3-9(14)10(8)11(12(15,16)17)19-6-4-18-5-7-19;/h1-3,11,18H,4-7H2;1H/t11-;/m0./s1. The van der Waals surface area contributed by atoms with Crippen molar-refractivity contribution in [3.63, 3.8) is 0 Å². The van der Waals surface area contributed by atoms with Crippen LogP contribution in [0, 0.1) is 11.6 Å². The van der Waals surface area contributed by atoms with Gasteiger partial charge in [-0.25, -0.2) is 8.78 Å². The topological polar surface area (TPSA) is 15.3 Å². The van der Waals surface area contributed by atoms with Crippen molar-refractivity contribution in [1.29, 1.82) is 0 Å². The zero-order valence-electron chi connectivity index (χ0n) is 10.4. The van der Waals surface area contributed by atoms with Crippen LogP contribution in [0.3, 0.4) is 0 Å². The van der Waals surface area contributed by atoms with E-state index in [0.29, 0.717) is 13.1 Å². The first kappa shape index (κ1) is 17.1. The molecule has 1 N–H and O–H groups in total. The fourth-order valence-corrected chi connectivity index (χ4v) is 2.27. The molecule has 1 aliphatic rings. The maximum atomic E-state index is 13.6. The minimum atomic E-state index is -4.72. The van der Waals surface area contributed by atoms with E-state index < -0.39 is 29.4 Å². The van der Waals surface area contributed by atoms with Crippen LogP contribution in [-0.2, 0) is 0 Å². The summed E-state index contributed by atoms with van der Waals surface area (Å²) in [6.07, 6.45) is -4.72. The van der Waals surface area contributed by atoms with Crippen LogP contribution in [0.2, 0.25) is 0 Å². The third-order valence-electron chi connectivity index (χ3n) is 3.10. The van der Waals surface area contributed by atoms with Gasteiger partial charge in [-0.2, -0.15) is 13.2 Å². The molecule has 0 aliphatic carbocycles. The fourth-order valence-electron chi connectivity index (χ4n) is 2.27. The van der Waals surface area contributed by atoms with Crippen molar-refractivity contribution < 1.29 is 22.0 Å². The molecule has 114 valence electrons. The number of hydrogen-bond donors (Lipinski definition) is 1. The molecule has 1 aliphatic heterocycles. The number of alkyl halides is 3. The summed E-state index contributed by atoms with van der Waals surface area (Å²) in [4.78, 5) is 1.05. The SMILES string of the molecule is Cl.Fc1cccc(F)c1[C@H](N1CCNCC1)C(F)(F)F. The van der Waals surface area contributed by atoms with E-state index in [1.165, 1.54) is 0 Å². The van der Waals surface area contributed by atoms with Crippen molar-refractivity contribution >= 4 is 12.4 Å². The molecule has 2 nitrogen and oxygen atoms in total. The molecule has 1 fully saturated rings. The lowest BCUT2D eigenvalue weighted by Crippen LogP contribution is -2.49. The molecule has 1 heterocycles. The highest BCUT2D eigenvalue weighted by atomic mass is 35.5. The molecule has 1 saturated heterocycles. The largest absolute Gasteiger partial charge is 0.408 e. The van der Waals surface area contributed by atoms with Gasteiger partial charge in [-0.15, -0.1) is 12.4 Å². The average Bonchev–Trinajstić information content (AvgIpc) is 2.33. The third-order valence-corrected chi connectivity index (χ3v) is 3.10. The fraction of sp³-hybridized carbons (Fsp3) is 0.500. The van der Waals surface area contributed by atoms with E-state index in [4.69, 9.17) is 0 Å². The summed E-state index contributed by atoms with van der Waals surface area (Å²) in [7, 11) is 0. The number of rotatable bonds is 2. The summed E-state index contributed by atoms with van der Waals surface area (Å²) in [5, 5.41) is 2.91. The molecule has 20 heavy (non-hydrogen) atoms. The second-order valence-corrected chi connectivity index (χ2v) is 4.37. The van der Waals surface area contributed by atoms with Gasteiger partial charge in [0.1, 0.15) is 17.7 Å². The summed E-state index contributed by atoms with van der Waals surface area (Å²) in [5.41, 5.74) is -0.920. The van der Waals surface area contributed by atoms with Gasteiger partial charge >= 0.3 is 6.18 Å². The lowest BCUT2D eigenvalue weighted by atomic mass is 10.0. The van der Waals surface area contributed by atoms with Crippen molar-refractivity contribution in [2.24, 2.45) is 0 Å². The molecule has 0 radical (unpaired) electrons. The highest BCUT2D eigenvalue weighted by Crippen LogP contribution is 2.39. The Morgan fingerprint density at radius 3 is 2.00 bits per heavy atom. The molecule has 1 atom stereocenters. The zero-order valence-corrected chi connectivity index (χ0v) is 11.2. The van der Waals surface area contributed by atoms with Crippen LogP contribution >= 0.6 is 12.4 Å². The molecule has 1 aromatic rings. The summed E-state index contributed by atoms with van der Waals surface area (Å²) in [5.74, 6) is -2.33. The Balaban J connectivity index is 0.00000200. The second kappa shape index (κ2) is 6.69. The van der Waals surface area contributed by atoms with Gasteiger partial charge in [0.05, 0.1) is 0 Å². The van der Waals surface area contributed by atoms with Crippen molar-refractivity contribution in [3.8, 4) is 0 Å². The molecule has 0 unspecified atom stereocenters. The first-order chi connectivity index (χ1) is 8.91. The number of nitrogens with one attached hydrogen (secondary N) is 1. The lowest BCUT2D eigenvalue weighted by molar-refractivity contribution is -0.189. The lowest BCUT2D eigenvalue weighted by Gasteiger charge is -2.36. The first-order valence-corrected chi connectivity index (χ1v) is 5.86. The van der Waals surface area contributed by atoms with E-state index in [-0.39, 0.29) is 25.5 Å². The molecular weight excluding hydrogens is 303 g/mol. The van der Waals surface area contributed by atoms with Crippen molar-refractivity contribution in [1.82, 2.24) is 10.2 Å². The molecule has 1 aromatic carbocycles. The monoisotopic (exact) mass is 316 g/mol. The van der Waals surface area contributed by atoms with Crippen LogP contribution in [-0.4, -0.2) is 37.3 Å². The van der Waals surface area contributed by atoms with E-state index in [2.05, 4.69) is 5.32 Å². The number of halogens is 6. The third kappa shape index (κ3) is 3.59. The predicted molar refractivity (Wildman–Crippen MR) is 66.8 cm³/mol. The molecular formula is C12H14ClF5N2. The highest BCUT2D eigenvalue weighted by molar-refractivity contribution is 5.85. The van der Waals surface area contributed by atoms with Crippen molar-refractivity contribution in [2.45, 2.75) is 12.2 Å². The molecule has 0 saturated carbocycles. The van der Waals surface area contributed by atoms with Gasteiger partial charge in [-0.3, -0.25) is 4.90 Å². The van der Waals surface area contributed by atoms with Crippen LogP contribution in [0.5, 0.6) is 0 Å². The summed E-state index contributed by atoms with van der Waals surface area (Å²) < 4.78 is 66.7. The van der Waals surface area contributed by atoms with E-state index in [0.717, 1.165) is 23.1 Å². The second-order valence-electron chi connectivity index (χ2n) is 4.37. The molecule has 0 spiro atoms. The van der Waals surface area contributed by atoms with Gasteiger partial charge < -0.3 is 5.32 Å². The number of benzene rings is 1. The number of nitrogens with zero attached hydrogens (tertiary/aromatic N) is 1. The van der Waals surface area contributed by atoms with Gasteiger partial charge in [-0.1, -0.05) is 6.07 Å². The summed E-state index contributed by atoms with van der Waals surface area (Å²) in [6, 6.07) is 0.508. The first-order valence-electron chi connectivity index (χ1n) is 5.86. The van der Waals surface area contributed by atoms with Crippen LogP contribution < -0.4 is 5.32 Å². The van der Waals surface area contributed by atoms with Gasteiger partial charge in [0, 0.05) is 31.7 Å². The highest BCUT2D eigenvalue weighted by Gasteiger charge is 2.47. The maximum Gasteiger partial charge on any atom is 0.408 e. The number of piperazine rings is 1. The van der Waals surface area contributed by atoms with E-state index >= 15 is 0 Å². The van der Waals surface area contributed by atoms with Crippen LogP contribution in [0.1, 0.15) is 11.6 Å². The maximum absolute atomic E-state index is 13.6. The normalized spacial score (nSPS) is 18.4. The zero-order chi connectivity index (χ0) is 14.0. The Kier molecular flexibility index (Phi) is 5.73. The summed E-state index contributed by atoms with van der Waals surface area (Å²) in [6.45, 7) is 0.918. The van der Waals surface area contributed by atoms with Crippen LogP contribution in [0.4, 0.5) is 22.0 Å². The van der Waals surface area contributed by atoms with E-state index in [9.17, 15) is 22.0 Å². The van der Waals surface area contributed by atoms with Gasteiger partial charge in [-0.05, 0) is 12.1 Å². The number of hydrogen-bond acceptors (Lipinski definition) is 2. The van der Waals surface area contributed by atoms with E-state index in [1.807, 2.05) is 0 Å². The minimum Gasteiger partial charge on any atom is -0.314 e. The molecule has 0 bridgehead atoms. The Labute approximate surface area is 119 Å². The average molecular weight is 317 g/mol. The molecule has 2 rings (SSSR count). The molecule has 0 amide bonds. The smallest absolute Gasteiger partial charge is 0.314 e. The van der Waals surface area contributed by atoms with Crippen LogP contribution in [0.25, 0.3) is 0 Å². The van der Waals surface area contributed by atoms with Gasteiger partial charge in [0.25, 0.3) is 0 Å². The minimum absolute atomic E-state index is 0. The van der Waals surface area contributed by atoms with Gasteiger partial charge in [0.15, 0.2) is 0 Å². The van der Waals surface area contributed by atoms with Gasteiger partial charge in [0.2, 0.25) is 0 Å². The predicted octanol–water partition coefficient (Wildman–Crippen LogP) is 2.90. The Morgan fingerprint density at radius 2 is 1.55 bits per heavy atom. The van der Waals surface area contributed by atoms with Crippen molar-refractivity contribution in [3.05, 3.63) is 35.4 Å². The quantitative estimate of drug-likeness (QED) is 0.844. The van der Waals surface area contributed by atoms with Crippen molar-refractivity contribution in [2.75, 3.05) is 26.2 Å². The Bertz CT molecular complexity index is 426. The summed E-state index contributed by atoms with van der Waals surface area (Å²) >= 11 is 0. The molecule has 8 heteroatoms. The van der Waals surface area contributed by atoms with E-state index in [1.54, 1.807) is 0 Å². The molecule has 0 aromatic heterocycles.